The van der Waals surface area contributed by atoms with Crippen LogP contribution >= 0.6 is 0 Å². The molecule has 0 unspecified atom stereocenters. The Balaban J connectivity index is 1.44. The maximum atomic E-state index is 5.24. The Morgan fingerprint density at radius 1 is 1.12 bits per heavy atom. The van der Waals surface area contributed by atoms with Crippen LogP contribution in [0.25, 0.3) is 0 Å². The van der Waals surface area contributed by atoms with Crippen molar-refractivity contribution in [2.24, 2.45) is 0 Å². The second-order valence-corrected chi connectivity index (χ2v) is 7.14. The number of nitrogens with zero attached hydrogens (tertiary/aromatic N) is 3. The fraction of sp³-hybridized carbons (Fsp3) is 0.450. The fourth-order valence-corrected chi connectivity index (χ4v) is 4.28. The molecule has 0 radical (unpaired) electrons. The zero-order chi connectivity index (χ0) is 16.6. The molecule has 1 aromatic heterocycles. The van der Waals surface area contributed by atoms with Crippen molar-refractivity contribution in [2.75, 3.05) is 38.7 Å². The number of likely N-dealkylation sites (tertiary alicyclic amines) is 1. The van der Waals surface area contributed by atoms with Crippen molar-refractivity contribution < 1.29 is 4.74 Å². The molecule has 1 aromatic carbocycles. The molecule has 1 fully saturated rings. The second-order valence-electron chi connectivity index (χ2n) is 7.14. The fourth-order valence-electron chi connectivity index (χ4n) is 4.28. The van der Waals surface area contributed by atoms with Crippen molar-refractivity contribution in [1.82, 2.24) is 9.88 Å². The van der Waals surface area contributed by atoms with Crippen LogP contribution in [0.4, 0.5) is 5.82 Å². The molecule has 0 N–H and O–H groups in total. The highest BCUT2D eigenvalue weighted by molar-refractivity contribution is 5.57. The van der Waals surface area contributed by atoms with Crippen molar-refractivity contribution in [2.45, 2.75) is 24.8 Å². The van der Waals surface area contributed by atoms with Crippen molar-refractivity contribution in [1.29, 1.82) is 0 Å². The predicted octanol–water partition coefficient (Wildman–Crippen LogP) is 3.07. The van der Waals surface area contributed by atoms with Gasteiger partial charge in [0.2, 0.25) is 0 Å². The molecule has 1 spiro atoms. The number of likely N-dealkylation sites (N-methyl/N-ethyl adjacent to an activating group) is 1. The van der Waals surface area contributed by atoms with E-state index >= 15 is 0 Å². The minimum Gasteiger partial charge on any atom is -0.497 e. The van der Waals surface area contributed by atoms with Crippen molar-refractivity contribution in [3.05, 3.63) is 53.7 Å². The molecule has 1 saturated heterocycles. The van der Waals surface area contributed by atoms with Crippen molar-refractivity contribution in [3.63, 3.8) is 0 Å². The summed E-state index contributed by atoms with van der Waals surface area (Å²) in [4.78, 5) is 9.49. The molecule has 4 heteroatoms. The van der Waals surface area contributed by atoms with Gasteiger partial charge < -0.3 is 9.64 Å². The van der Waals surface area contributed by atoms with Gasteiger partial charge in [-0.25, -0.2) is 4.98 Å². The van der Waals surface area contributed by atoms with E-state index < -0.39 is 0 Å². The lowest BCUT2D eigenvalue weighted by Crippen LogP contribution is -2.44. The third-order valence-corrected chi connectivity index (χ3v) is 5.64. The van der Waals surface area contributed by atoms with Crippen LogP contribution in [0.5, 0.6) is 5.75 Å². The number of benzene rings is 1. The average Bonchev–Trinajstić information content (AvgIpc) is 2.90. The van der Waals surface area contributed by atoms with E-state index in [0.717, 1.165) is 31.9 Å². The summed E-state index contributed by atoms with van der Waals surface area (Å²) in [6, 6.07) is 12.8. The number of methoxy groups -OCH3 is 1. The molecule has 0 amide bonds. The summed E-state index contributed by atoms with van der Waals surface area (Å²) < 4.78 is 5.24. The van der Waals surface area contributed by atoms with Crippen LogP contribution in [-0.4, -0.2) is 43.7 Å². The van der Waals surface area contributed by atoms with Crippen LogP contribution in [0.15, 0.2) is 42.6 Å². The number of piperidine rings is 1. The Hall–Kier alpha value is -2.07. The molecule has 24 heavy (non-hydrogen) atoms. The third-order valence-electron chi connectivity index (χ3n) is 5.64. The van der Waals surface area contributed by atoms with Gasteiger partial charge in [-0.05, 0) is 49.7 Å². The summed E-state index contributed by atoms with van der Waals surface area (Å²) in [7, 11) is 3.88. The Morgan fingerprint density at radius 2 is 1.88 bits per heavy atom. The highest BCUT2D eigenvalue weighted by Gasteiger charge is 2.44. The summed E-state index contributed by atoms with van der Waals surface area (Å²) in [5.41, 5.74) is 3.11. The SMILES string of the molecule is COc1ccc(CN2CCC3(CC2)CN(C)c2ncccc23)cc1. The molecule has 2 aliphatic heterocycles. The number of pyridine rings is 1. The van der Waals surface area contributed by atoms with Gasteiger partial charge in [0.05, 0.1) is 7.11 Å². The normalized spacial score (nSPS) is 19.5. The Bertz CT molecular complexity index is 705. The maximum Gasteiger partial charge on any atom is 0.132 e. The first-order valence-electron chi connectivity index (χ1n) is 8.72. The van der Waals surface area contributed by atoms with Crippen LogP contribution in [0.1, 0.15) is 24.0 Å². The summed E-state index contributed by atoms with van der Waals surface area (Å²) in [5.74, 6) is 2.11. The van der Waals surface area contributed by atoms with Crippen molar-refractivity contribution >= 4 is 5.82 Å². The summed E-state index contributed by atoms with van der Waals surface area (Å²) in [6.45, 7) is 4.42. The van der Waals surface area contributed by atoms with E-state index in [1.54, 1.807) is 7.11 Å². The maximum absolute atomic E-state index is 5.24. The highest BCUT2D eigenvalue weighted by Crippen LogP contribution is 2.45. The van der Waals surface area contributed by atoms with E-state index in [2.05, 4.69) is 58.2 Å². The van der Waals surface area contributed by atoms with Gasteiger partial charge in [-0.2, -0.15) is 0 Å². The lowest BCUT2D eigenvalue weighted by molar-refractivity contribution is 0.160. The number of anilines is 1. The second kappa shape index (κ2) is 6.10. The van der Waals surface area contributed by atoms with E-state index in [9.17, 15) is 0 Å². The molecule has 0 aliphatic carbocycles. The molecule has 0 atom stereocenters. The summed E-state index contributed by atoms with van der Waals surface area (Å²) in [5, 5.41) is 0. The molecule has 3 heterocycles. The van der Waals surface area contributed by atoms with Gasteiger partial charge in [0.15, 0.2) is 0 Å². The summed E-state index contributed by atoms with van der Waals surface area (Å²) >= 11 is 0. The van der Waals surface area contributed by atoms with Crippen LogP contribution in [0.2, 0.25) is 0 Å². The Kier molecular flexibility index (Phi) is 3.93. The lowest BCUT2D eigenvalue weighted by atomic mass is 9.74. The van der Waals surface area contributed by atoms with E-state index in [1.807, 2.05) is 6.20 Å². The van der Waals surface area contributed by atoms with Crippen LogP contribution in [-0.2, 0) is 12.0 Å². The molecule has 0 saturated carbocycles. The van der Waals surface area contributed by atoms with Crippen LogP contribution in [0.3, 0.4) is 0 Å². The van der Waals surface area contributed by atoms with Gasteiger partial charge in [-0.3, -0.25) is 4.90 Å². The number of hydrogen-bond donors (Lipinski definition) is 0. The zero-order valence-electron chi connectivity index (χ0n) is 14.5. The molecule has 126 valence electrons. The molecular formula is C20H25N3O. The quantitative estimate of drug-likeness (QED) is 0.868. The van der Waals surface area contributed by atoms with Gasteiger partial charge in [0, 0.05) is 37.3 Å². The molecule has 2 aliphatic rings. The highest BCUT2D eigenvalue weighted by atomic mass is 16.5. The first-order chi connectivity index (χ1) is 11.7. The van der Waals surface area contributed by atoms with Crippen LogP contribution in [0, 0.1) is 0 Å². The molecule has 4 nitrogen and oxygen atoms in total. The Morgan fingerprint density at radius 3 is 2.58 bits per heavy atom. The largest absolute Gasteiger partial charge is 0.497 e. The summed E-state index contributed by atoms with van der Waals surface area (Å²) in [6.07, 6.45) is 4.34. The van der Waals surface area contributed by atoms with E-state index in [4.69, 9.17) is 4.74 Å². The minimum atomic E-state index is 0.300. The first-order valence-corrected chi connectivity index (χ1v) is 8.72. The number of fused-ring (bicyclic) bond motifs is 2. The number of rotatable bonds is 3. The molecule has 2 aromatic rings. The van der Waals surface area contributed by atoms with E-state index in [1.165, 1.54) is 29.8 Å². The smallest absolute Gasteiger partial charge is 0.132 e. The Labute approximate surface area is 144 Å². The van der Waals surface area contributed by atoms with E-state index in [0.29, 0.717) is 5.41 Å². The minimum absolute atomic E-state index is 0.300. The van der Waals surface area contributed by atoms with Crippen molar-refractivity contribution in [3.8, 4) is 5.75 Å². The molecule has 4 rings (SSSR count). The number of hydrogen-bond acceptors (Lipinski definition) is 4. The van der Waals surface area contributed by atoms with Gasteiger partial charge in [-0.15, -0.1) is 0 Å². The van der Waals surface area contributed by atoms with Crippen LogP contribution < -0.4 is 9.64 Å². The third kappa shape index (κ3) is 2.65. The van der Waals surface area contributed by atoms with Gasteiger partial charge in [0.1, 0.15) is 11.6 Å². The molecular weight excluding hydrogens is 298 g/mol. The van der Waals surface area contributed by atoms with E-state index in [-0.39, 0.29) is 0 Å². The zero-order valence-corrected chi connectivity index (χ0v) is 14.5. The predicted molar refractivity (Wildman–Crippen MR) is 96.7 cm³/mol. The standard InChI is InChI=1S/C20H25N3O/c1-22-15-20(18-4-3-11-21-19(18)22)9-12-23(13-10-20)14-16-5-7-17(24-2)8-6-16/h3-8,11H,9-10,12-15H2,1-2H3. The molecule has 0 bridgehead atoms. The average molecular weight is 323 g/mol. The lowest BCUT2D eigenvalue weighted by Gasteiger charge is -2.39. The number of ether oxygens (including phenoxy) is 1. The van der Waals surface area contributed by atoms with Gasteiger partial charge >= 0.3 is 0 Å². The van der Waals surface area contributed by atoms with Gasteiger partial charge in [-0.1, -0.05) is 18.2 Å². The first kappa shape index (κ1) is 15.5. The van der Waals surface area contributed by atoms with Gasteiger partial charge in [0.25, 0.3) is 0 Å². The monoisotopic (exact) mass is 323 g/mol. The number of aromatic nitrogens is 1. The topological polar surface area (TPSA) is 28.6 Å².